The molecule has 6 heteroatoms. The van der Waals surface area contributed by atoms with Crippen molar-refractivity contribution < 1.29 is 8.83 Å². The number of hydrogen-bond acceptors (Lipinski definition) is 5. The summed E-state index contributed by atoms with van der Waals surface area (Å²) >= 11 is 12.6. The molecule has 80 valence electrons. The van der Waals surface area contributed by atoms with E-state index in [1.165, 1.54) is 0 Å². The number of nitrogens with one attached hydrogen (secondary N) is 1. The second-order valence-corrected chi connectivity index (χ2v) is 4.61. The normalized spacial score (nSPS) is 10.8. The van der Waals surface area contributed by atoms with Crippen molar-refractivity contribution in [3.05, 3.63) is 21.3 Å². The lowest BCUT2D eigenvalue weighted by atomic mass is 10.4. The van der Waals surface area contributed by atoms with E-state index in [0.717, 1.165) is 16.8 Å². The van der Waals surface area contributed by atoms with Gasteiger partial charge in [0.2, 0.25) is 0 Å². The Balaban J connectivity index is 2.50. The van der Waals surface area contributed by atoms with Gasteiger partial charge in [0.05, 0.1) is 8.98 Å². The van der Waals surface area contributed by atoms with Crippen LogP contribution in [0.3, 0.4) is 0 Å². The summed E-state index contributed by atoms with van der Waals surface area (Å²) in [6.45, 7) is 0.725. The highest BCUT2D eigenvalue weighted by molar-refractivity contribution is 9.10. The Morgan fingerprint density at radius 3 is 3.00 bits per heavy atom. The molecule has 15 heavy (non-hydrogen) atoms. The van der Waals surface area contributed by atoms with E-state index in [2.05, 4.69) is 33.9 Å². The molecule has 0 fully saturated rings. The number of rotatable bonds is 3. The van der Waals surface area contributed by atoms with E-state index < -0.39 is 0 Å². The van der Waals surface area contributed by atoms with E-state index in [4.69, 9.17) is 21.1 Å². The van der Waals surface area contributed by atoms with Crippen LogP contribution in [0.25, 0.3) is 11.2 Å². The van der Waals surface area contributed by atoms with Crippen LogP contribution in [0.1, 0.15) is 0 Å². The van der Waals surface area contributed by atoms with Gasteiger partial charge >= 0.3 is 0 Å². The third-order valence-electron chi connectivity index (χ3n) is 1.81. The fraction of sp³-hybridized carbons (Fsp3) is 0.222. The smallest absolute Gasteiger partial charge is 0.195 e. The van der Waals surface area contributed by atoms with Crippen LogP contribution in [0.4, 0.5) is 5.88 Å². The molecule has 0 radical (unpaired) electrons. The van der Waals surface area contributed by atoms with Crippen LogP contribution in [-0.2, 0) is 0 Å². The standard InChI is InChI=1S/C9H8BrNO2S2/c10-5-4-12-9-6(15)3-7(11-1-2-14)13-8(5)9/h3-4,11,14H,1-2H2. The molecule has 0 spiro atoms. The van der Waals surface area contributed by atoms with Gasteiger partial charge in [-0.05, 0) is 15.9 Å². The molecule has 0 unspecified atom stereocenters. The van der Waals surface area contributed by atoms with Crippen molar-refractivity contribution in [2.45, 2.75) is 0 Å². The SMILES string of the molecule is S=c1cc(NCCS)oc2c(Br)coc12. The molecule has 0 bridgehead atoms. The highest BCUT2D eigenvalue weighted by Gasteiger charge is 2.09. The summed E-state index contributed by atoms with van der Waals surface area (Å²) < 4.78 is 12.2. The third kappa shape index (κ3) is 2.21. The average molecular weight is 306 g/mol. The van der Waals surface area contributed by atoms with Crippen molar-refractivity contribution in [2.75, 3.05) is 17.6 Å². The maximum atomic E-state index is 5.56. The van der Waals surface area contributed by atoms with Gasteiger partial charge in [-0.25, -0.2) is 0 Å². The molecule has 0 amide bonds. The van der Waals surface area contributed by atoms with Gasteiger partial charge in [-0.2, -0.15) is 12.6 Å². The monoisotopic (exact) mass is 305 g/mol. The second-order valence-electron chi connectivity index (χ2n) is 2.87. The van der Waals surface area contributed by atoms with Crippen LogP contribution in [0.5, 0.6) is 0 Å². The number of fused-ring (bicyclic) bond motifs is 1. The maximum Gasteiger partial charge on any atom is 0.195 e. The van der Waals surface area contributed by atoms with E-state index in [1.807, 2.05) is 0 Å². The molecule has 1 N–H and O–H groups in total. The van der Waals surface area contributed by atoms with Crippen molar-refractivity contribution in [2.24, 2.45) is 0 Å². The zero-order valence-corrected chi connectivity index (χ0v) is 10.9. The maximum absolute atomic E-state index is 5.56. The first-order chi connectivity index (χ1) is 7.22. The number of halogens is 1. The van der Waals surface area contributed by atoms with Gasteiger partial charge in [0.25, 0.3) is 0 Å². The van der Waals surface area contributed by atoms with Crippen molar-refractivity contribution in [1.29, 1.82) is 0 Å². The first kappa shape index (κ1) is 11.0. The minimum Gasteiger partial charge on any atom is -0.458 e. The van der Waals surface area contributed by atoms with Gasteiger partial charge in [-0.3, -0.25) is 0 Å². The Morgan fingerprint density at radius 2 is 2.27 bits per heavy atom. The first-order valence-electron chi connectivity index (χ1n) is 4.28. The summed E-state index contributed by atoms with van der Waals surface area (Å²) in [5.74, 6) is 1.36. The Bertz CT molecular complexity index is 534. The lowest BCUT2D eigenvalue weighted by Crippen LogP contribution is -2.01. The van der Waals surface area contributed by atoms with Gasteiger partial charge in [-0.1, -0.05) is 12.2 Å². The summed E-state index contributed by atoms with van der Waals surface area (Å²) in [6.07, 6.45) is 1.56. The fourth-order valence-corrected chi connectivity index (χ4v) is 1.90. The van der Waals surface area contributed by atoms with Crippen LogP contribution in [0, 0.1) is 4.51 Å². The number of thiol groups is 1. The Hall–Kier alpha value is -0.460. The Morgan fingerprint density at radius 1 is 1.47 bits per heavy atom. The van der Waals surface area contributed by atoms with E-state index in [9.17, 15) is 0 Å². The molecule has 0 aliphatic carbocycles. The lowest BCUT2D eigenvalue weighted by molar-refractivity contribution is 0.588. The number of anilines is 1. The van der Waals surface area contributed by atoms with E-state index in [1.54, 1.807) is 12.3 Å². The van der Waals surface area contributed by atoms with Crippen molar-refractivity contribution >= 4 is 57.8 Å². The van der Waals surface area contributed by atoms with E-state index in [0.29, 0.717) is 21.6 Å². The molecule has 3 nitrogen and oxygen atoms in total. The predicted octanol–water partition coefficient (Wildman–Crippen LogP) is 3.86. The molecule has 0 aliphatic heterocycles. The highest BCUT2D eigenvalue weighted by atomic mass is 79.9. The van der Waals surface area contributed by atoms with Crippen LogP contribution < -0.4 is 5.32 Å². The molecule has 0 aromatic carbocycles. The molecule has 0 atom stereocenters. The molecular formula is C9H8BrNO2S2. The summed E-state index contributed by atoms with van der Waals surface area (Å²) in [5, 5.41) is 3.07. The van der Waals surface area contributed by atoms with Gasteiger partial charge in [0.15, 0.2) is 17.1 Å². The summed E-state index contributed by atoms with van der Waals surface area (Å²) in [7, 11) is 0. The number of hydrogen-bond donors (Lipinski definition) is 2. The molecular weight excluding hydrogens is 298 g/mol. The molecule has 2 rings (SSSR count). The first-order valence-corrected chi connectivity index (χ1v) is 6.11. The van der Waals surface area contributed by atoms with Crippen molar-refractivity contribution in [1.82, 2.24) is 0 Å². The molecule has 0 saturated heterocycles. The molecule has 2 aromatic rings. The van der Waals surface area contributed by atoms with Crippen LogP contribution in [-0.4, -0.2) is 12.3 Å². The Kier molecular flexibility index (Phi) is 3.38. The topological polar surface area (TPSA) is 38.3 Å². The molecule has 2 aromatic heterocycles. The molecule has 2 heterocycles. The predicted molar refractivity (Wildman–Crippen MR) is 69.4 cm³/mol. The minimum atomic E-state index is 0.591. The summed E-state index contributed by atoms with van der Waals surface area (Å²) in [6, 6.07) is 1.73. The highest BCUT2D eigenvalue weighted by Crippen LogP contribution is 2.29. The van der Waals surface area contributed by atoms with Gasteiger partial charge in [0, 0.05) is 18.4 Å². The minimum absolute atomic E-state index is 0.591. The zero-order chi connectivity index (χ0) is 10.8. The van der Waals surface area contributed by atoms with Crippen LogP contribution >= 0.6 is 40.8 Å². The van der Waals surface area contributed by atoms with Gasteiger partial charge < -0.3 is 14.2 Å². The average Bonchev–Trinajstić information content (AvgIpc) is 2.58. The fourth-order valence-electron chi connectivity index (χ4n) is 1.18. The molecule has 0 aliphatic rings. The third-order valence-corrected chi connectivity index (χ3v) is 2.89. The lowest BCUT2D eigenvalue weighted by Gasteiger charge is -2.02. The zero-order valence-electron chi connectivity index (χ0n) is 7.62. The van der Waals surface area contributed by atoms with Crippen LogP contribution in [0.15, 0.2) is 25.6 Å². The van der Waals surface area contributed by atoms with Crippen molar-refractivity contribution in [3.8, 4) is 0 Å². The summed E-state index contributed by atoms with van der Waals surface area (Å²) in [5.41, 5.74) is 1.22. The van der Waals surface area contributed by atoms with E-state index in [-0.39, 0.29) is 0 Å². The quantitative estimate of drug-likeness (QED) is 0.667. The number of furan rings is 1. The van der Waals surface area contributed by atoms with Gasteiger partial charge in [0.1, 0.15) is 6.26 Å². The van der Waals surface area contributed by atoms with E-state index >= 15 is 0 Å². The largest absolute Gasteiger partial charge is 0.458 e. The Labute approximate surface area is 105 Å². The molecule has 0 saturated carbocycles. The summed E-state index contributed by atoms with van der Waals surface area (Å²) in [4.78, 5) is 0. The van der Waals surface area contributed by atoms with Gasteiger partial charge in [-0.15, -0.1) is 0 Å². The van der Waals surface area contributed by atoms with Crippen molar-refractivity contribution in [3.63, 3.8) is 0 Å². The van der Waals surface area contributed by atoms with Crippen LogP contribution in [0.2, 0.25) is 0 Å². The second kappa shape index (κ2) is 4.59.